The predicted molar refractivity (Wildman–Crippen MR) is 131 cm³/mol. The zero-order chi connectivity index (χ0) is 23.7. The van der Waals surface area contributed by atoms with Crippen LogP contribution in [0, 0.1) is 6.92 Å². The number of benzene rings is 2. The summed E-state index contributed by atoms with van der Waals surface area (Å²) in [5, 5.41) is 2.43. The smallest absolute Gasteiger partial charge is 0.256 e. The molecule has 2 amide bonds. The first kappa shape index (κ1) is 22.7. The molecule has 1 aliphatic carbocycles. The second-order valence-corrected chi connectivity index (χ2v) is 10.0. The zero-order valence-corrected chi connectivity index (χ0v) is 20.4. The fourth-order valence-electron chi connectivity index (χ4n) is 4.02. The second-order valence-electron chi connectivity index (χ2n) is 8.61. The summed E-state index contributed by atoms with van der Waals surface area (Å²) in [5.41, 5.74) is 2.53. The minimum absolute atomic E-state index is 0.0176. The van der Waals surface area contributed by atoms with Gasteiger partial charge in [-0.05, 0) is 66.6 Å². The molecular formula is C26H25ClN2O4S. The Morgan fingerprint density at radius 2 is 1.85 bits per heavy atom. The maximum atomic E-state index is 13.6. The van der Waals surface area contributed by atoms with Gasteiger partial charge in [-0.2, -0.15) is 0 Å². The maximum absolute atomic E-state index is 13.6. The molecule has 2 aromatic carbocycles. The summed E-state index contributed by atoms with van der Waals surface area (Å²) in [5.74, 6) is 1.10. The molecule has 176 valence electrons. The third kappa shape index (κ3) is 4.91. The Kier molecular flexibility index (Phi) is 6.48. The molecule has 2 heterocycles. The van der Waals surface area contributed by atoms with Crippen LogP contribution in [0.4, 0.5) is 0 Å². The lowest BCUT2D eigenvalue weighted by molar-refractivity contribution is -0.133. The zero-order valence-electron chi connectivity index (χ0n) is 18.8. The number of carbonyl (C=O) groups is 2. The fourth-order valence-corrected chi connectivity index (χ4v) is 5.16. The van der Waals surface area contributed by atoms with Gasteiger partial charge in [-0.3, -0.25) is 9.59 Å². The Morgan fingerprint density at radius 1 is 1.06 bits per heavy atom. The Bertz CT molecular complexity index is 1220. The van der Waals surface area contributed by atoms with Gasteiger partial charge in [0.1, 0.15) is 6.54 Å². The van der Waals surface area contributed by atoms with Crippen molar-refractivity contribution in [3.8, 4) is 11.5 Å². The molecule has 3 aromatic rings. The van der Waals surface area contributed by atoms with Gasteiger partial charge in [0, 0.05) is 17.5 Å². The molecule has 34 heavy (non-hydrogen) atoms. The van der Waals surface area contributed by atoms with Crippen molar-refractivity contribution in [2.75, 3.05) is 13.3 Å². The molecule has 0 spiro atoms. The molecule has 0 saturated heterocycles. The quantitative estimate of drug-likeness (QED) is 0.426. The monoisotopic (exact) mass is 496 g/mol. The highest BCUT2D eigenvalue weighted by molar-refractivity contribution is 7.10. The van der Waals surface area contributed by atoms with E-state index in [-0.39, 0.29) is 31.2 Å². The van der Waals surface area contributed by atoms with Crippen molar-refractivity contribution in [3.63, 3.8) is 0 Å². The first-order valence-corrected chi connectivity index (χ1v) is 12.5. The Labute approximate surface area is 207 Å². The highest BCUT2D eigenvalue weighted by Gasteiger charge is 2.36. The Morgan fingerprint density at radius 3 is 2.59 bits per heavy atom. The number of hydrogen-bond acceptors (Lipinski definition) is 5. The number of amides is 2. The minimum atomic E-state index is -0.197. The van der Waals surface area contributed by atoms with E-state index in [9.17, 15) is 9.59 Å². The summed E-state index contributed by atoms with van der Waals surface area (Å²) in [4.78, 5) is 31.6. The molecular weight excluding hydrogens is 472 g/mol. The van der Waals surface area contributed by atoms with Crippen molar-refractivity contribution < 1.29 is 19.1 Å². The van der Waals surface area contributed by atoms with Gasteiger partial charge >= 0.3 is 0 Å². The van der Waals surface area contributed by atoms with Gasteiger partial charge in [-0.15, -0.1) is 11.3 Å². The second kappa shape index (κ2) is 9.68. The van der Waals surface area contributed by atoms with Crippen LogP contribution in [0.1, 0.15) is 39.2 Å². The first-order chi connectivity index (χ1) is 16.5. The van der Waals surface area contributed by atoms with Crippen LogP contribution in [0.15, 0.2) is 53.9 Å². The third-order valence-corrected chi connectivity index (χ3v) is 7.46. The van der Waals surface area contributed by atoms with Gasteiger partial charge < -0.3 is 19.3 Å². The van der Waals surface area contributed by atoms with Crippen LogP contribution < -0.4 is 9.47 Å². The number of hydrogen-bond donors (Lipinski definition) is 0. The van der Waals surface area contributed by atoms with E-state index in [4.69, 9.17) is 21.1 Å². The first-order valence-electron chi connectivity index (χ1n) is 11.2. The van der Waals surface area contributed by atoms with Crippen LogP contribution in [0.25, 0.3) is 0 Å². The number of halogens is 1. The van der Waals surface area contributed by atoms with Crippen LogP contribution in [0.5, 0.6) is 11.5 Å². The average Bonchev–Trinajstić information content (AvgIpc) is 3.43. The van der Waals surface area contributed by atoms with Crippen LogP contribution in [-0.4, -0.2) is 41.0 Å². The van der Waals surface area contributed by atoms with Crippen molar-refractivity contribution in [3.05, 3.63) is 80.5 Å². The number of nitrogens with zero attached hydrogens (tertiary/aromatic N) is 2. The van der Waals surface area contributed by atoms with E-state index in [1.54, 1.807) is 40.5 Å². The Hall–Kier alpha value is -3.03. The van der Waals surface area contributed by atoms with Gasteiger partial charge in [0.25, 0.3) is 5.91 Å². The molecule has 1 aliphatic heterocycles. The minimum Gasteiger partial charge on any atom is -0.454 e. The summed E-state index contributed by atoms with van der Waals surface area (Å²) in [7, 11) is 0. The summed E-state index contributed by atoms with van der Waals surface area (Å²) in [6.45, 7) is 3.16. The molecule has 1 saturated carbocycles. The Balaban J connectivity index is 1.38. The lowest BCUT2D eigenvalue weighted by Gasteiger charge is -2.28. The van der Waals surface area contributed by atoms with Crippen LogP contribution in [0.3, 0.4) is 0 Å². The van der Waals surface area contributed by atoms with Crippen molar-refractivity contribution >= 4 is 34.8 Å². The van der Waals surface area contributed by atoms with E-state index >= 15 is 0 Å². The van der Waals surface area contributed by atoms with E-state index in [0.29, 0.717) is 35.2 Å². The van der Waals surface area contributed by atoms with Crippen LogP contribution in [0.2, 0.25) is 5.02 Å². The largest absolute Gasteiger partial charge is 0.454 e. The molecule has 0 N–H and O–H groups in total. The lowest BCUT2D eigenvalue weighted by Crippen LogP contribution is -2.43. The summed E-state index contributed by atoms with van der Waals surface area (Å²) < 4.78 is 10.9. The van der Waals surface area contributed by atoms with E-state index in [2.05, 4.69) is 6.07 Å². The summed E-state index contributed by atoms with van der Waals surface area (Å²) in [6.07, 6.45) is 1.80. The average molecular weight is 497 g/mol. The highest BCUT2D eigenvalue weighted by Crippen LogP contribution is 2.34. The fraction of sp³-hybridized carbons (Fsp3) is 0.308. The van der Waals surface area contributed by atoms with Crippen molar-refractivity contribution in [2.45, 2.75) is 38.9 Å². The molecule has 8 heteroatoms. The molecule has 0 atom stereocenters. The summed E-state index contributed by atoms with van der Waals surface area (Å²) in [6, 6.07) is 14.9. The number of thiophene rings is 1. The molecule has 2 aliphatic rings. The van der Waals surface area contributed by atoms with Gasteiger partial charge in [-0.1, -0.05) is 29.8 Å². The van der Waals surface area contributed by atoms with Gasteiger partial charge in [0.2, 0.25) is 12.7 Å². The molecule has 0 unspecified atom stereocenters. The maximum Gasteiger partial charge on any atom is 0.256 e. The summed E-state index contributed by atoms with van der Waals surface area (Å²) >= 11 is 7.92. The predicted octanol–water partition coefficient (Wildman–Crippen LogP) is 5.27. The normalized spacial score (nSPS) is 14.2. The molecule has 1 fully saturated rings. The number of aryl methyl sites for hydroxylation is 1. The van der Waals surface area contributed by atoms with Crippen LogP contribution in [-0.2, 0) is 17.9 Å². The number of fused-ring (bicyclic) bond motifs is 1. The SMILES string of the molecule is Cc1ccsc1CN(Cc1ccc2c(c1)OCO2)C(=O)CN(C(=O)c1ccccc1Cl)C1CC1. The van der Waals surface area contributed by atoms with Gasteiger partial charge in [0.05, 0.1) is 17.1 Å². The van der Waals surface area contributed by atoms with E-state index < -0.39 is 0 Å². The van der Waals surface area contributed by atoms with E-state index in [1.165, 1.54) is 0 Å². The van der Waals surface area contributed by atoms with E-state index in [1.807, 2.05) is 35.4 Å². The standard InChI is InChI=1S/C26H25ClN2O4S/c1-17-10-11-34-24(17)14-28(13-18-6-9-22-23(12-18)33-16-32-22)25(30)15-29(19-7-8-19)26(31)20-4-2-3-5-21(20)27/h2-6,9-12,19H,7-8,13-16H2,1H3. The molecule has 0 bridgehead atoms. The number of rotatable bonds is 8. The van der Waals surface area contributed by atoms with Gasteiger partial charge in [-0.25, -0.2) is 0 Å². The molecule has 6 nitrogen and oxygen atoms in total. The van der Waals surface area contributed by atoms with Crippen LogP contribution >= 0.6 is 22.9 Å². The molecule has 5 rings (SSSR count). The highest BCUT2D eigenvalue weighted by atomic mass is 35.5. The van der Waals surface area contributed by atoms with Crippen molar-refractivity contribution in [1.29, 1.82) is 0 Å². The van der Waals surface area contributed by atoms with E-state index in [0.717, 1.165) is 28.8 Å². The lowest BCUT2D eigenvalue weighted by atomic mass is 10.1. The third-order valence-electron chi connectivity index (χ3n) is 6.12. The molecule has 1 aromatic heterocycles. The van der Waals surface area contributed by atoms with Crippen molar-refractivity contribution in [2.24, 2.45) is 0 Å². The topological polar surface area (TPSA) is 59.1 Å². The van der Waals surface area contributed by atoms with Crippen molar-refractivity contribution in [1.82, 2.24) is 9.80 Å². The molecule has 0 radical (unpaired) electrons. The number of carbonyl (C=O) groups excluding carboxylic acids is 2. The number of ether oxygens (including phenoxy) is 2. The van der Waals surface area contributed by atoms with Gasteiger partial charge in [0.15, 0.2) is 11.5 Å².